The molecule has 0 aliphatic heterocycles. The summed E-state index contributed by atoms with van der Waals surface area (Å²) in [4.78, 5) is 2.13. The lowest BCUT2D eigenvalue weighted by molar-refractivity contribution is -0.0395. The molecule has 0 aromatic heterocycles. The highest BCUT2D eigenvalue weighted by molar-refractivity contribution is 4.69. The molecule has 0 spiro atoms. The van der Waals surface area contributed by atoms with Gasteiger partial charge in [-0.2, -0.15) is 0 Å². The lowest BCUT2D eigenvalue weighted by Gasteiger charge is -2.28. The predicted molar refractivity (Wildman–Crippen MR) is 70.2 cm³/mol. The Balaban J connectivity index is 3.74. The van der Waals surface area contributed by atoms with Gasteiger partial charge in [-0.25, -0.2) is 0 Å². The van der Waals surface area contributed by atoms with Crippen molar-refractivity contribution in [3.8, 4) is 0 Å². The van der Waals surface area contributed by atoms with E-state index in [1.807, 2.05) is 14.0 Å². The van der Waals surface area contributed by atoms with Crippen molar-refractivity contribution in [3.05, 3.63) is 0 Å². The zero-order valence-corrected chi connectivity index (χ0v) is 12.2. The molecule has 1 N–H and O–H groups in total. The van der Waals surface area contributed by atoms with E-state index in [9.17, 15) is 5.11 Å². The number of hydrogen-bond acceptors (Lipinski definition) is 4. The third-order valence-electron chi connectivity index (χ3n) is 2.24. The number of nitrogens with zero attached hydrogens (tertiary/aromatic N) is 1. The van der Waals surface area contributed by atoms with Crippen molar-refractivity contribution >= 4 is 0 Å². The average Bonchev–Trinajstić information content (AvgIpc) is 2.12. The van der Waals surface area contributed by atoms with Crippen LogP contribution >= 0.6 is 0 Å². The van der Waals surface area contributed by atoms with E-state index in [2.05, 4.69) is 25.7 Å². The summed E-state index contributed by atoms with van der Waals surface area (Å²) in [7, 11) is 3.67. The highest BCUT2D eigenvalue weighted by atomic mass is 16.5. The van der Waals surface area contributed by atoms with Gasteiger partial charge in [-0.15, -0.1) is 0 Å². The maximum absolute atomic E-state index is 9.83. The molecule has 17 heavy (non-hydrogen) atoms. The second-order valence-corrected chi connectivity index (χ2v) is 6.01. The van der Waals surface area contributed by atoms with Crippen LogP contribution in [0.4, 0.5) is 0 Å². The normalized spacial score (nSPS) is 16.2. The molecule has 0 saturated heterocycles. The molecule has 2 atom stereocenters. The van der Waals surface area contributed by atoms with E-state index >= 15 is 0 Å². The average molecular weight is 247 g/mol. The molecule has 4 heteroatoms. The molecule has 2 unspecified atom stereocenters. The monoisotopic (exact) mass is 247 g/mol. The fraction of sp³-hybridized carbons (Fsp3) is 1.00. The number of ether oxygens (including phenoxy) is 2. The summed E-state index contributed by atoms with van der Waals surface area (Å²) in [6.07, 6.45) is -0.413. The second kappa shape index (κ2) is 8.03. The first kappa shape index (κ1) is 16.8. The van der Waals surface area contributed by atoms with E-state index in [-0.39, 0.29) is 11.5 Å². The molecule has 0 bridgehead atoms. The predicted octanol–water partition coefficient (Wildman–Crippen LogP) is 1.38. The highest BCUT2D eigenvalue weighted by Crippen LogP contribution is 2.14. The van der Waals surface area contributed by atoms with Crippen LogP contribution in [-0.2, 0) is 9.47 Å². The van der Waals surface area contributed by atoms with Gasteiger partial charge in [-0.05, 0) is 19.4 Å². The van der Waals surface area contributed by atoms with Crippen LogP contribution in [0.2, 0.25) is 0 Å². The van der Waals surface area contributed by atoms with Crippen molar-refractivity contribution in [1.82, 2.24) is 4.90 Å². The fourth-order valence-corrected chi connectivity index (χ4v) is 1.84. The van der Waals surface area contributed by atoms with Crippen LogP contribution in [0.1, 0.15) is 27.7 Å². The van der Waals surface area contributed by atoms with Gasteiger partial charge in [0, 0.05) is 20.2 Å². The van der Waals surface area contributed by atoms with E-state index in [1.165, 1.54) is 0 Å². The summed E-state index contributed by atoms with van der Waals surface area (Å²) in [6, 6.07) is 0. The molecule has 0 fully saturated rings. The van der Waals surface area contributed by atoms with E-state index in [4.69, 9.17) is 9.47 Å². The first-order chi connectivity index (χ1) is 7.74. The number of methoxy groups -OCH3 is 1. The van der Waals surface area contributed by atoms with Gasteiger partial charge < -0.3 is 19.5 Å². The van der Waals surface area contributed by atoms with Crippen molar-refractivity contribution in [2.75, 3.05) is 40.5 Å². The first-order valence-electron chi connectivity index (χ1n) is 6.21. The number of aliphatic hydroxyl groups excluding tert-OH is 1. The molecule has 0 aliphatic carbocycles. The zero-order valence-electron chi connectivity index (χ0n) is 12.2. The summed E-state index contributed by atoms with van der Waals surface area (Å²) < 4.78 is 10.4. The molecule has 0 amide bonds. The van der Waals surface area contributed by atoms with Crippen molar-refractivity contribution < 1.29 is 14.6 Å². The number of hydrogen-bond donors (Lipinski definition) is 1. The molecule has 0 rings (SSSR count). The molecule has 0 heterocycles. The molecule has 4 nitrogen and oxygen atoms in total. The number of likely N-dealkylation sites (N-methyl/N-ethyl adjacent to an activating group) is 1. The van der Waals surface area contributed by atoms with Gasteiger partial charge in [0.1, 0.15) is 0 Å². The molecule has 104 valence electrons. The third-order valence-corrected chi connectivity index (χ3v) is 2.24. The number of aliphatic hydroxyl groups is 1. The van der Waals surface area contributed by atoms with Crippen LogP contribution in [-0.4, -0.2) is 62.7 Å². The SMILES string of the molecule is COCC(C)OCC(O)CN(C)CC(C)(C)C. The van der Waals surface area contributed by atoms with Crippen molar-refractivity contribution in [2.45, 2.75) is 39.9 Å². The minimum Gasteiger partial charge on any atom is -0.389 e. The Kier molecular flexibility index (Phi) is 7.96. The zero-order chi connectivity index (χ0) is 13.5. The molecule has 0 aliphatic rings. The Morgan fingerprint density at radius 2 is 1.82 bits per heavy atom. The van der Waals surface area contributed by atoms with Crippen LogP contribution in [0.15, 0.2) is 0 Å². The summed E-state index contributed by atoms with van der Waals surface area (Å²) in [5.74, 6) is 0. The van der Waals surface area contributed by atoms with Gasteiger partial charge in [0.25, 0.3) is 0 Å². The summed E-state index contributed by atoms with van der Waals surface area (Å²) in [6.45, 7) is 11.0. The molecule has 0 aromatic rings. The Morgan fingerprint density at radius 3 is 2.29 bits per heavy atom. The van der Waals surface area contributed by atoms with Gasteiger partial charge >= 0.3 is 0 Å². The minimum absolute atomic E-state index is 0.0302. The van der Waals surface area contributed by atoms with Gasteiger partial charge in [-0.1, -0.05) is 20.8 Å². The van der Waals surface area contributed by atoms with E-state index in [0.717, 1.165) is 6.54 Å². The highest BCUT2D eigenvalue weighted by Gasteiger charge is 2.16. The smallest absolute Gasteiger partial charge is 0.0900 e. The second-order valence-electron chi connectivity index (χ2n) is 6.01. The quantitative estimate of drug-likeness (QED) is 0.703. The van der Waals surface area contributed by atoms with Crippen molar-refractivity contribution in [3.63, 3.8) is 0 Å². The molecule has 0 saturated carbocycles. The Labute approximate surface area is 106 Å². The van der Waals surface area contributed by atoms with Crippen LogP contribution in [0, 0.1) is 5.41 Å². The third kappa shape index (κ3) is 10.7. The van der Waals surface area contributed by atoms with E-state index in [1.54, 1.807) is 7.11 Å². The van der Waals surface area contributed by atoms with Crippen LogP contribution in [0.5, 0.6) is 0 Å². The molecular formula is C13H29NO3. The maximum atomic E-state index is 9.83. The van der Waals surface area contributed by atoms with Crippen LogP contribution < -0.4 is 0 Å². The topological polar surface area (TPSA) is 41.9 Å². The van der Waals surface area contributed by atoms with E-state index < -0.39 is 6.10 Å². The van der Waals surface area contributed by atoms with Gasteiger partial charge in [0.05, 0.1) is 25.4 Å². The van der Waals surface area contributed by atoms with Crippen LogP contribution in [0.3, 0.4) is 0 Å². The van der Waals surface area contributed by atoms with Crippen molar-refractivity contribution in [2.24, 2.45) is 5.41 Å². The first-order valence-corrected chi connectivity index (χ1v) is 6.21. The summed E-state index contributed by atoms with van der Waals surface area (Å²) >= 11 is 0. The molecule has 0 aromatic carbocycles. The Hall–Kier alpha value is -0.160. The Bertz CT molecular complexity index is 192. The fourth-order valence-electron chi connectivity index (χ4n) is 1.84. The van der Waals surface area contributed by atoms with Gasteiger partial charge in [0.2, 0.25) is 0 Å². The maximum Gasteiger partial charge on any atom is 0.0900 e. The van der Waals surface area contributed by atoms with Gasteiger partial charge in [0.15, 0.2) is 0 Å². The van der Waals surface area contributed by atoms with E-state index in [0.29, 0.717) is 19.8 Å². The summed E-state index contributed by atoms with van der Waals surface area (Å²) in [5.41, 5.74) is 0.249. The van der Waals surface area contributed by atoms with Crippen LogP contribution in [0.25, 0.3) is 0 Å². The minimum atomic E-state index is -0.443. The molecule has 0 radical (unpaired) electrons. The lowest BCUT2D eigenvalue weighted by atomic mass is 9.96. The summed E-state index contributed by atoms with van der Waals surface area (Å²) in [5, 5.41) is 9.83. The largest absolute Gasteiger partial charge is 0.389 e. The molecular weight excluding hydrogens is 218 g/mol. The number of rotatable bonds is 8. The van der Waals surface area contributed by atoms with Gasteiger partial charge in [-0.3, -0.25) is 0 Å². The van der Waals surface area contributed by atoms with Crippen molar-refractivity contribution in [1.29, 1.82) is 0 Å². The standard InChI is InChI=1S/C13H29NO3/c1-11(8-16-6)17-9-12(15)7-14(5)10-13(2,3)4/h11-12,15H,7-10H2,1-6H3. The Morgan fingerprint density at radius 1 is 1.24 bits per heavy atom. The lowest BCUT2D eigenvalue weighted by Crippen LogP contribution is -2.37.